The molecule has 0 aliphatic carbocycles. The molecule has 162 valence electrons. The molecule has 2 rings (SSSR count). The summed E-state index contributed by atoms with van der Waals surface area (Å²) in [5.74, 6) is -0.0913. The highest BCUT2D eigenvalue weighted by atomic mass is 35.5. The quantitative estimate of drug-likeness (QED) is 0.487. The summed E-state index contributed by atoms with van der Waals surface area (Å²) >= 11 is 7.41. The molecule has 2 aromatic carbocycles. The fourth-order valence-corrected chi connectivity index (χ4v) is 4.01. The second kappa shape index (κ2) is 12.6. The first-order chi connectivity index (χ1) is 14.4. The predicted molar refractivity (Wildman–Crippen MR) is 122 cm³/mol. The third-order valence-corrected chi connectivity index (χ3v) is 5.88. The molecule has 0 spiro atoms. The first kappa shape index (κ1) is 24.2. The van der Waals surface area contributed by atoms with Gasteiger partial charge in [-0.3, -0.25) is 9.59 Å². The van der Waals surface area contributed by atoms with Gasteiger partial charge in [0, 0.05) is 23.9 Å². The largest absolute Gasteiger partial charge is 0.354 e. The van der Waals surface area contributed by atoms with Gasteiger partial charge in [0.2, 0.25) is 11.8 Å². The number of carbonyl (C=O) groups excluding carboxylic acids is 2. The summed E-state index contributed by atoms with van der Waals surface area (Å²) in [6, 6.07) is 13.2. The van der Waals surface area contributed by atoms with Crippen LogP contribution in [0.3, 0.4) is 0 Å². The Morgan fingerprint density at radius 2 is 1.97 bits per heavy atom. The van der Waals surface area contributed by atoms with E-state index in [1.165, 1.54) is 17.8 Å². The van der Waals surface area contributed by atoms with Gasteiger partial charge in [-0.2, -0.15) is 0 Å². The van der Waals surface area contributed by atoms with Crippen LogP contribution in [-0.4, -0.2) is 35.1 Å². The number of nitrogens with one attached hydrogen (secondary N) is 1. The zero-order chi connectivity index (χ0) is 21.9. The zero-order valence-corrected chi connectivity index (χ0v) is 18.9. The van der Waals surface area contributed by atoms with Gasteiger partial charge in [0.15, 0.2) is 0 Å². The highest BCUT2D eigenvalue weighted by Gasteiger charge is 2.26. The number of thioether (sulfide) groups is 1. The van der Waals surface area contributed by atoms with Crippen LogP contribution in [0.2, 0.25) is 5.02 Å². The smallest absolute Gasteiger partial charge is 0.242 e. The minimum absolute atomic E-state index is 0.154. The van der Waals surface area contributed by atoms with Gasteiger partial charge < -0.3 is 10.2 Å². The maximum absolute atomic E-state index is 13.8. The molecule has 0 saturated carbocycles. The number of nitrogens with zero attached hydrogens (tertiary/aromatic N) is 1. The van der Waals surface area contributed by atoms with E-state index in [-0.39, 0.29) is 29.9 Å². The molecule has 4 nitrogen and oxygen atoms in total. The highest BCUT2D eigenvalue weighted by molar-refractivity contribution is 7.99. The number of unbranched alkanes of at least 4 members (excludes halogenated alkanes) is 1. The lowest BCUT2D eigenvalue weighted by atomic mass is 10.1. The SMILES string of the molecule is CCCCNC(=O)[C@@H](C)N(Cc1cccc(Cl)c1)C(=O)CSCc1ccccc1F. The van der Waals surface area contributed by atoms with Gasteiger partial charge in [-0.05, 0) is 42.7 Å². The Kier molecular flexibility index (Phi) is 10.2. The van der Waals surface area contributed by atoms with Crippen LogP contribution in [0.25, 0.3) is 0 Å². The summed E-state index contributed by atoms with van der Waals surface area (Å²) in [6.45, 7) is 4.64. The fraction of sp³-hybridized carbons (Fsp3) is 0.391. The molecular weight excluding hydrogens is 423 g/mol. The van der Waals surface area contributed by atoms with E-state index in [4.69, 9.17) is 11.6 Å². The van der Waals surface area contributed by atoms with Crippen molar-refractivity contribution in [2.75, 3.05) is 12.3 Å². The van der Waals surface area contributed by atoms with Gasteiger partial charge in [0.05, 0.1) is 5.75 Å². The van der Waals surface area contributed by atoms with E-state index in [0.29, 0.717) is 22.9 Å². The normalized spacial score (nSPS) is 11.7. The predicted octanol–water partition coefficient (Wildman–Crippen LogP) is 5.05. The summed E-state index contributed by atoms with van der Waals surface area (Å²) in [5, 5.41) is 3.47. The van der Waals surface area contributed by atoms with Crippen LogP contribution in [-0.2, 0) is 21.9 Å². The van der Waals surface area contributed by atoms with E-state index in [9.17, 15) is 14.0 Å². The van der Waals surface area contributed by atoms with Gasteiger partial charge in [-0.15, -0.1) is 11.8 Å². The molecule has 0 aromatic heterocycles. The number of carbonyl (C=O) groups is 2. The molecule has 0 radical (unpaired) electrons. The maximum atomic E-state index is 13.8. The van der Waals surface area contributed by atoms with Gasteiger partial charge in [0.25, 0.3) is 0 Å². The number of amides is 2. The zero-order valence-electron chi connectivity index (χ0n) is 17.4. The molecule has 0 aliphatic rings. The monoisotopic (exact) mass is 450 g/mol. The van der Waals surface area contributed by atoms with Crippen molar-refractivity contribution in [1.82, 2.24) is 10.2 Å². The summed E-state index contributed by atoms with van der Waals surface area (Å²) in [7, 11) is 0. The minimum Gasteiger partial charge on any atom is -0.354 e. The molecule has 0 aliphatic heterocycles. The Labute approximate surface area is 187 Å². The molecule has 1 N–H and O–H groups in total. The summed E-state index contributed by atoms with van der Waals surface area (Å²) in [4.78, 5) is 27.1. The topological polar surface area (TPSA) is 49.4 Å². The second-order valence-electron chi connectivity index (χ2n) is 7.06. The van der Waals surface area contributed by atoms with Crippen LogP contribution >= 0.6 is 23.4 Å². The van der Waals surface area contributed by atoms with Crippen molar-refractivity contribution < 1.29 is 14.0 Å². The first-order valence-electron chi connectivity index (χ1n) is 10.0. The average Bonchev–Trinajstić information content (AvgIpc) is 2.73. The van der Waals surface area contributed by atoms with Crippen LogP contribution in [0.5, 0.6) is 0 Å². The number of rotatable bonds is 11. The van der Waals surface area contributed by atoms with Crippen LogP contribution in [0.1, 0.15) is 37.8 Å². The molecule has 0 fully saturated rings. The highest BCUT2D eigenvalue weighted by Crippen LogP contribution is 2.19. The molecule has 30 heavy (non-hydrogen) atoms. The fourth-order valence-electron chi connectivity index (χ4n) is 2.90. The third-order valence-electron chi connectivity index (χ3n) is 4.68. The number of halogens is 2. The van der Waals surface area contributed by atoms with E-state index in [1.807, 2.05) is 12.1 Å². The molecule has 2 amide bonds. The van der Waals surface area contributed by atoms with Crippen molar-refractivity contribution in [3.63, 3.8) is 0 Å². The molecule has 0 unspecified atom stereocenters. The van der Waals surface area contributed by atoms with Gasteiger partial charge in [-0.1, -0.05) is 55.3 Å². The van der Waals surface area contributed by atoms with Gasteiger partial charge in [-0.25, -0.2) is 4.39 Å². The first-order valence-corrected chi connectivity index (χ1v) is 11.6. The van der Waals surface area contributed by atoms with E-state index in [0.717, 1.165) is 18.4 Å². The maximum Gasteiger partial charge on any atom is 0.242 e. The Morgan fingerprint density at radius 1 is 1.20 bits per heavy atom. The van der Waals surface area contributed by atoms with E-state index < -0.39 is 6.04 Å². The average molecular weight is 451 g/mol. The van der Waals surface area contributed by atoms with Crippen molar-refractivity contribution in [2.24, 2.45) is 0 Å². The van der Waals surface area contributed by atoms with Crippen molar-refractivity contribution in [3.8, 4) is 0 Å². The van der Waals surface area contributed by atoms with Crippen LogP contribution in [0.15, 0.2) is 48.5 Å². The van der Waals surface area contributed by atoms with Gasteiger partial charge >= 0.3 is 0 Å². The Bertz CT molecular complexity index is 849. The van der Waals surface area contributed by atoms with E-state index in [2.05, 4.69) is 12.2 Å². The lowest BCUT2D eigenvalue weighted by Crippen LogP contribution is -2.48. The number of hydrogen-bond donors (Lipinski definition) is 1. The van der Waals surface area contributed by atoms with Crippen molar-refractivity contribution >= 4 is 35.2 Å². The van der Waals surface area contributed by atoms with Crippen molar-refractivity contribution in [2.45, 2.75) is 45.0 Å². The lowest BCUT2D eigenvalue weighted by Gasteiger charge is -2.29. The van der Waals surface area contributed by atoms with Gasteiger partial charge in [0.1, 0.15) is 11.9 Å². The molecule has 2 aromatic rings. The van der Waals surface area contributed by atoms with E-state index >= 15 is 0 Å². The summed E-state index contributed by atoms with van der Waals surface area (Å²) < 4.78 is 13.8. The molecule has 0 heterocycles. The molecule has 0 saturated heterocycles. The Hall–Kier alpha value is -2.05. The lowest BCUT2D eigenvalue weighted by molar-refractivity contribution is -0.138. The summed E-state index contributed by atoms with van der Waals surface area (Å²) in [6.07, 6.45) is 1.87. The minimum atomic E-state index is -0.623. The van der Waals surface area contributed by atoms with E-state index in [1.54, 1.807) is 42.2 Å². The Balaban J connectivity index is 2.05. The summed E-state index contributed by atoms with van der Waals surface area (Å²) in [5.41, 5.74) is 1.41. The number of benzene rings is 2. The standard InChI is InChI=1S/C23H28ClFN2O2S/c1-3-4-12-26-23(29)17(2)27(14-18-8-7-10-20(24)13-18)22(28)16-30-15-19-9-5-6-11-21(19)25/h5-11,13,17H,3-4,12,14-16H2,1-2H3,(H,26,29)/t17-/m1/s1. The Morgan fingerprint density at radius 3 is 2.67 bits per heavy atom. The number of hydrogen-bond acceptors (Lipinski definition) is 3. The van der Waals surface area contributed by atoms with Crippen LogP contribution in [0, 0.1) is 5.82 Å². The van der Waals surface area contributed by atoms with Crippen LogP contribution in [0.4, 0.5) is 4.39 Å². The van der Waals surface area contributed by atoms with Crippen molar-refractivity contribution in [3.05, 3.63) is 70.5 Å². The van der Waals surface area contributed by atoms with Crippen molar-refractivity contribution in [1.29, 1.82) is 0 Å². The molecule has 7 heteroatoms. The molecule has 0 bridgehead atoms. The molecule has 1 atom stereocenters. The molecular formula is C23H28ClFN2O2S. The third kappa shape index (κ3) is 7.65. The van der Waals surface area contributed by atoms with Crippen LogP contribution < -0.4 is 5.32 Å². The second-order valence-corrected chi connectivity index (χ2v) is 8.48.